The number of aromatic nitrogens is 2. The maximum Gasteiger partial charge on any atom is 0.238 e. The molecule has 1 heterocycles. The van der Waals surface area contributed by atoms with Crippen LogP contribution >= 0.6 is 22.6 Å². The van der Waals surface area contributed by atoms with E-state index >= 15 is 0 Å². The molecule has 76 valence electrons. The SMILES string of the molecule is Nc1ccc(Oc2ccc(I)nn2)cc1. The van der Waals surface area contributed by atoms with Crippen molar-refractivity contribution in [2.45, 2.75) is 0 Å². The number of anilines is 1. The van der Waals surface area contributed by atoms with Crippen molar-refractivity contribution in [3.05, 3.63) is 40.1 Å². The van der Waals surface area contributed by atoms with Crippen LogP contribution in [0.25, 0.3) is 0 Å². The summed E-state index contributed by atoms with van der Waals surface area (Å²) in [5.74, 6) is 1.17. The summed E-state index contributed by atoms with van der Waals surface area (Å²) in [4.78, 5) is 0. The van der Waals surface area contributed by atoms with E-state index in [4.69, 9.17) is 10.5 Å². The van der Waals surface area contributed by atoms with Gasteiger partial charge in [0.1, 0.15) is 9.45 Å². The molecule has 2 rings (SSSR count). The molecule has 0 amide bonds. The van der Waals surface area contributed by atoms with Crippen LogP contribution in [0.5, 0.6) is 11.6 Å². The lowest BCUT2D eigenvalue weighted by molar-refractivity contribution is 0.454. The molecule has 0 fully saturated rings. The monoisotopic (exact) mass is 313 g/mol. The van der Waals surface area contributed by atoms with E-state index in [1.165, 1.54) is 0 Å². The predicted molar refractivity (Wildman–Crippen MR) is 65.7 cm³/mol. The van der Waals surface area contributed by atoms with Crippen molar-refractivity contribution in [1.82, 2.24) is 10.2 Å². The molecule has 0 spiro atoms. The lowest BCUT2D eigenvalue weighted by Crippen LogP contribution is -1.92. The summed E-state index contributed by atoms with van der Waals surface area (Å²) in [7, 11) is 0. The third kappa shape index (κ3) is 2.79. The van der Waals surface area contributed by atoms with E-state index in [0.29, 0.717) is 17.3 Å². The van der Waals surface area contributed by atoms with Gasteiger partial charge in [0, 0.05) is 11.8 Å². The van der Waals surface area contributed by atoms with Gasteiger partial charge >= 0.3 is 0 Å². The molecular formula is C10H8IN3O. The minimum atomic E-state index is 0.472. The molecule has 2 N–H and O–H groups in total. The van der Waals surface area contributed by atoms with Crippen molar-refractivity contribution in [3.63, 3.8) is 0 Å². The van der Waals surface area contributed by atoms with Crippen LogP contribution < -0.4 is 10.5 Å². The summed E-state index contributed by atoms with van der Waals surface area (Å²) in [5, 5.41) is 7.76. The van der Waals surface area contributed by atoms with E-state index < -0.39 is 0 Å². The fourth-order valence-electron chi connectivity index (χ4n) is 1.01. The zero-order chi connectivity index (χ0) is 10.7. The number of benzene rings is 1. The summed E-state index contributed by atoms with van der Waals surface area (Å²) in [6.07, 6.45) is 0. The second-order valence-electron chi connectivity index (χ2n) is 2.87. The quantitative estimate of drug-likeness (QED) is 0.683. The molecule has 0 bridgehead atoms. The first-order valence-corrected chi connectivity index (χ1v) is 5.34. The molecular weight excluding hydrogens is 305 g/mol. The first-order valence-electron chi connectivity index (χ1n) is 4.27. The topological polar surface area (TPSA) is 61.0 Å². The fraction of sp³-hybridized carbons (Fsp3) is 0. The molecule has 5 heteroatoms. The van der Waals surface area contributed by atoms with Crippen LogP contribution in [0.4, 0.5) is 5.69 Å². The van der Waals surface area contributed by atoms with Crippen molar-refractivity contribution < 1.29 is 4.74 Å². The maximum atomic E-state index is 5.56. The Kier molecular flexibility index (Phi) is 3.00. The Morgan fingerprint density at radius 3 is 2.33 bits per heavy atom. The molecule has 2 aromatic rings. The van der Waals surface area contributed by atoms with E-state index in [1.54, 1.807) is 30.3 Å². The van der Waals surface area contributed by atoms with E-state index in [-0.39, 0.29) is 0 Å². The molecule has 0 unspecified atom stereocenters. The van der Waals surface area contributed by atoms with Crippen LogP contribution in [0.2, 0.25) is 0 Å². The predicted octanol–water partition coefficient (Wildman–Crippen LogP) is 2.46. The number of nitrogens with zero attached hydrogens (tertiary/aromatic N) is 2. The molecule has 0 aliphatic rings. The molecule has 1 aromatic heterocycles. The van der Waals surface area contributed by atoms with Crippen LogP contribution in [0.1, 0.15) is 0 Å². The highest BCUT2D eigenvalue weighted by molar-refractivity contribution is 14.1. The number of rotatable bonds is 2. The molecule has 0 saturated carbocycles. The average Bonchev–Trinajstić information content (AvgIpc) is 2.25. The number of halogens is 1. The van der Waals surface area contributed by atoms with Crippen LogP contribution in [-0.4, -0.2) is 10.2 Å². The number of nitrogens with two attached hydrogens (primary N) is 1. The van der Waals surface area contributed by atoms with Gasteiger partial charge in [0.15, 0.2) is 0 Å². The van der Waals surface area contributed by atoms with Crippen molar-refractivity contribution in [1.29, 1.82) is 0 Å². The van der Waals surface area contributed by atoms with Gasteiger partial charge in [-0.2, -0.15) is 0 Å². The van der Waals surface area contributed by atoms with Gasteiger partial charge in [0.05, 0.1) is 0 Å². The zero-order valence-electron chi connectivity index (χ0n) is 7.72. The first-order chi connectivity index (χ1) is 7.24. The summed E-state index contributed by atoms with van der Waals surface area (Å²) in [6.45, 7) is 0. The molecule has 0 radical (unpaired) electrons. The minimum absolute atomic E-state index is 0.472. The van der Waals surface area contributed by atoms with E-state index in [2.05, 4.69) is 32.8 Å². The van der Waals surface area contributed by atoms with Gasteiger partial charge in [-0.1, -0.05) is 0 Å². The van der Waals surface area contributed by atoms with Crippen molar-refractivity contribution in [2.24, 2.45) is 0 Å². The summed E-state index contributed by atoms with van der Waals surface area (Å²) >= 11 is 2.09. The van der Waals surface area contributed by atoms with Gasteiger partial charge in [-0.25, -0.2) is 0 Å². The number of hydrogen-bond acceptors (Lipinski definition) is 4. The third-order valence-corrected chi connectivity index (χ3v) is 2.29. The standard InChI is InChI=1S/C10H8IN3O/c11-9-5-6-10(14-13-9)15-8-3-1-7(12)2-4-8/h1-6H,12H2. The lowest BCUT2D eigenvalue weighted by atomic mass is 10.3. The highest BCUT2D eigenvalue weighted by Crippen LogP contribution is 2.19. The molecule has 0 saturated heterocycles. The number of ether oxygens (including phenoxy) is 1. The lowest BCUT2D eigenvalue weighted by Gasteiger charge is -2.03. The Morgan fingerprint density at radius 2 is 1.73 bits per heavy atom. The second kappa shape index (κ2) is 4.43. The molecule has 0 atom stereocenters. The van der Waals surface area contributed by atoms with Crippen LogP contribution in [0.15, 0.2) is 36.4 Å². The van der Waals surface area contributed by atoms with Crippen molar-refractivity contribution in [2.75, 3.05) is 5.73 Å². The number of hydrogen-bond donors (Lipinski definition) is 1. The highest BCUT2D eigenvalue weighted by atomic mass is 127. The largest absolute Gasteiger partial charge is 0.438 e. The number of nitrogen functional groups attached to an aromatic ring is 1. The van der Waals surface area contributed by atoms with Gasteiger partial charge in [0.2, 0.25) is 5.88 Å². The van der Waals surface area contributed by atoms with Crippen LogP contribution in [0, 0.1) is 3.70 Å². The van der Waals surface area contributed by atoms with Gasteiger partial charge in [-0.15, -0.1) is 10.2 Å². The Labute approximate surface area is 101 Å². The second-order valence-corrected chi connectivity index (χ2v) is 3.97. The molecule has 1 aromatic carbocycles. The summed E-state index contributed by atoms with van der Waals surface area (Å²) < 4.78 is 6.29. The molecule has 0 aliphatic carbocycles. The van der Waals surface area contributed by atoms with E-state index in [1.807, 2.05) is 6.07 Å². The van der Waals surface area contributed by atoms with Crippen molar-refractivity contribution in [3.8, 4) is 11.6 Å². The average molecular weight is 313 g/mol. The third-order valence-electron chi connectivity index (χ3n) is 1.71. The van der Waals surface area contributed by atoms with Crippen molar-refractivity contribution >= 4 is 28.3 Å². The molecule has 4 nitrogen and oxygen atoms in total. The molecule has 0 aliphatic heterocycles. The Bertz CT molecular complexity index is 398. The van der Waals surface area contributed by atoms with E-state index in [0.717, 1.165) is 3.70 Å². The van der Waals surface area contributed by atoms with Crippen LogP contribution in [-0.2, 0) is 0 Å². The summed E-state index contributed by atoms with van der Waals surface area (Å²) in [6, 6.07) is 10.7. The first kappa shape index (κ1) is 10.2. The Balaban J connectivity index is 2.15. The van der Waals surface area contributed by atoms with Gasteiger partial charge in [-0.05, 0) is 52.9 Å². The maximum absolute atomic E-state index is 5.56. The Hall–Kier alpha value is -1.37. The zero-order valence-corrected chi connectivity index (χ0v) is 9.88. The minimum Gasteiger partial charge on any atom is -0.438 e. The molecule has 15 heavy (non-hydrogen) atoms. The van der Waals surface area contributed by atoms with Gasteiger partial charge in [-0.3, -0.25) is 0 Å². The van der Waals surface area contributed by atoms with Gasteiger partial charge < -0.3 is 10.5 Å². The smallest absolute Gasteiger partial charge is 0.238 e. The van der Waals surface area contributed by atoms with Crippen LogP contribution in [0.3, 0.4) is 0 Å². The summed E-state index contributed by atoms with van der Waals surface area (Å²) in [5.41, 5.74) is 6.26. The van der Waals surface area contributed by atoms with E-state index in [9.17, 15) is 0 Å². The highest BCUT2D eigenvalue weighted by Gasteiger charge is 1.98. The Morgan fingerprint density at radius 1 is 1.00 bits per heavy atom. The normalized spacial score (nSPS) is 9.93. The fourth-order valence-corrected chi connectivity index (χ4v) is 1.30. The van der Waals surface area contributed by atoms with Gasteiger partial charge in [0.25, 0.3) is 0 Å².